The molecule has 11 heteroatoms. The van der Waals surface area contributed by atoms with Crippen LogP contribution in [0.2, 0.25) is 5.15 Å². The lowest BCUT2D eigenvalue weighted by Gasteiger charge is -2.18. The Balaban J connectivity index is 2.20. The molecule has 0 amide bonds. The maximum atomic E-state index is 12.7. The van der Waals surface area contributed by atoms with E-state index in [1.807, 2.05) is 0 Å². The van der Waals surface area contributed by atoms with Gasteiger partial charge in [0.1, 0.15) is 16.4 Å². The van der Waals surface area contributed by atoms with Crippen LogP contribution in [0.25, 0.3) is 22.2 Å². The molecule has 0 saturated carbocycles. The van der Waals surface area contributed by atoms with Crippen LogP contribution in [0.3, 0.4) is 0 Å². The minimum Gasteiger partial charge on any atom is -0.389 e. The first-order valence-electron chi connectivity index (χ1n) is 7.36. The van der Waals surface area contributed by atoms with Crippen molar-refractivity contribution in [1.82, 2.24) is 24.3 Å². The molecule has 3 aromatic rings. The Labute approximate surface area is 149 Å². The molecule has 138 valence electrons. The van der Waals surface area contributed by atoms with Gasteiger partial charge in [0, 0.05) is 11.8 Å². The van der Waals surface area contributed by atoms with Crippen molar-refractivity contribution in [2.45, 2.75) is 32.3 Å². The number of aliphatic hydroxyl groups is 1. The highest BCUT2D eigenvalue weighted by molar-refractivity contribution is 6.30. The molecule has 3 aromatic heterocycles. The summed E-state index contributed by atoms with van der Waals surface area (Å²) in [6.45, 7) is 3.04. The summed E-state index contributed by atoms with van der Waals surface area (Å²) in [6.07, 6.45) is -1.77. The first-order chi connectivity index (χ1) is 12.0. The first kappa shape index (κ1) is 18.3. The van der Waals surface area contributed by atoms with Crippen LogP contribution in [0.1, 0.15) is 13.8 Å². The number of nitrogens with zero attached hydrogens (tertiary/aromatic N) is 5. The quantitative estimate of drug-likeness (QED) is 0.698. The molecule has 26 heavy (non-hydrogen) atoms. The highest BCUT2D eigenvalue weighted by Gasteiger charge is 2.32. The lowest BCUT2D eigenvalue weighted by molar-refractivity contribution is -0.212. The van der Waals surface area contributed by atoms with Crippen molar-refractivity contribution >= 4 is 22.5 Å². The van der Waals surface area contributed by atoms with Crippen molar-refractivity contribution in [2.24, 2.45) is 0 Å². The molecule has 3 rings (SSSR count). The summed E-state index contributed by atoms with van der Waals surface area (Å²) in [4.78, 5) is 20.8. The van der Waals surface area contributed by atoms with Crippen LogP contribution in [0, 0.1) is 0 Å². The van der Waals surface area contributed by atoms with Crippen LogP contribution >= 0.6 is 11.6 Å². The van der Waals surface area contributed by atoms with Crippen molar-refractivity contribution in [3.63, 3.8) is 0 Å². The van der Waals surface area contributed by atoms with Gasteiger partial charge in [0.05, 0.1) is 30.1 Å². The summed E-state index contributed by atoms with van der Waals surface area (Å²) in [6, 6.07) is 1.28. The van der Waals surface area contributed by atoms with E-state index < -0.39 is 17.5 Å². The second-order valence-electron chi connectivity index (χ2n) is 6.32. The van der Waals surface area contributed by atoms with Gasteiger partial charge in [-0.25, -0.2) is 9.97 Å². The van der Waals surface area contributed by atoms with Crippen LogP contribution in [-0.4, -0.2) is 35.0 Å². The summed E-state index contributed by atoms with van der Waals surface area (Å²) in [5.41, 5.74) is -1.54. The van der Waals surface area contributed by atoms with Crippen molar-refractivity contribution < 1.29 is 18.3 Å². The molecule has 0 unspecified atom stereocenters. The van der Waals surface area contributed by atoms with Crippen molar-refractivity contribution in [3.05, 3.63) is 40.3 Å². The fourth-order valence-corrected chi connectivity index (χ4v) is 2.64. The third kappa shape index (κ3) is 3.56. The Bertz CT molecular complexity index is 1040. The number of pyridine rings is 1. The predicted octanol–water partition coefficient (Wildman–Crippen LogP) is 2.56. The minimum atomic E-state index is -4.68. The number of halogens is 4. The second-order valence-corrected chi connectivity index (χ2v) is 6.71. The first-order valence-corrected chi connectivity index (χ1v) is 7.74. The lowest BCUT2D eigenvalue weighted by atomic mass is 10.1. The highest BCUT2D eigenvalue weighted by Crippen LogP contribution is 2.29. The average molecular weight is 388 g/mol. The third-order valence-electron chi connectivity index (χ3n) is 3.45. The SMILES string of the molecule is CC(C)(O)Cn1cnc2c(-c3cnn(C(F)(F)F)c3)nc(Cl)cc2c1=O. The zero-order valence-corrected chi connectivity index (χ0v) is 14.4. The monoisotopic (exact) mass is 387 g/mol. The maximum Gasteiger partial charge on any atom is 0.504 e. The van der Waals surface area contributed by atoms with Crippen LogP contribution in [-0.2, 0) is 12.8 Å². The summed E-state index contributed by atoms with van der Waals surface area (Å²) in [5, 5.41) is 13.1. The molecule has 0 radical (unpaired) electrons. The van der Waals surface area contributed by atoms with E-state index in [0.29, 0.717) is 0 Å². The van der Waals surface area contributed by atoms with Gasteiger partial charge < -0.3 is 5.11 Å². The van der Waals surface area contributed by atoms with Gasteiger partial charge in [0.15, 0.2) is 0 Å². The van der Waals surface area contributed by atoms with Gasteiger partial charge in [-0.2, -0.15) is 9.78 Å². The smallest absolute Gasteiger partial charge is 0.389 e. The normalized spacial score (nSPS) is 12.7. The average Bonchev–Trinajstić information content (AvgIpc) is 2.98. The van der Waals surface area contributed by atoms with Crippen LogP contribution in [0.5, 0.6) is 0 Å². The van der Waals surface area contributed by atoms with Gasteiger partial charge >= 0.3 is 6.30 Å². The highest BCUT2D eigenvalue weighted by atomic mass is 35.5. The molecule has 3 heterocycles. The number of alkyl halides is 3. The van der Waals surface area contributed by atoms with E-state index in [0.717, 1.165) is 12.4 Å². The second kappa shape index (κ2) is 6.06. The standard InChI is InChI=1S/C15H13ClF3N5O2/c1-14(2,26)6-23-7-20-12-9(13(23)25)3-10(16)22-11(12)8-4-21-24(5-8)15(17,18)19/h3-5,7,26H,6H2,1-2H3. The summed E-state index contributed by atoms with van der Waals surface area (Å²) >= 11 is 5.94. The molecular formula is C15H13ClF3N5O2. The van der Waals surface area contributed by atoms with E-state index in [-0.39, 0.29) is 38.5 Å². The Morgan fingerprint density at radius 1 is 1.31 bits per heavy atom. The van der Waals surface area contributed by atoms with E-state index in [4.69, 9.17) is 11.6 Å². The molecule has 0 atom stereocenters. The van der Waals surface area contributed by atoms with Crippen molar-refractivity contribution in [1.29, 1.82) is 0 Å². The summed E-state index contributed by atoms with van der Waals surface area (Å²) < 4.78 is 39.3. The van der Waals surface area contributed by atoms with Gasteiger partial charge in [0.2, 0.25) is 0 Å². The fraction of sp³-hybridized carbons (Fsp3) is 0.333. The van der Waals surface area contributed by atoms with E-state index >= 15 is 0 Å². The van der Waals surface area contributed by atoms with Gasteiger partial charge in [-0.3, -0.25) is 9.36 Å². The van der Waals surface area contributed by atoms with Crippen LogP contribution in [0.4, 0.5) is 13.2 Å². The summed E-state index contributed by atoms with van der Waals surface area (Å²) in [7, 11) is 0. The molecular weight excluding hydrogens is 375 g/mol. The number of rotatable bonds is 3. The molecule has 7 nitrogen and oxygen atoms in total. The molecule has 0 aliphatic heterocycles. The topological polar surface area (TPSA) is 85.8 Å². The number of hydrogen-bond acceptors (Lipinski definition) is 5. The molecule has 0 aliphatic carbocycles. The molecule has 0 fully saturated rings. The van der Waals surface area contributed by atoms with E-state index in [9.17, 15) is 23.1 Å². The Hall–Kier alpha value is -2.46. The van der Waals surface area contributed by atoms with E-state index in [1.165, 1.54) is 30.8 Å². The Morgan fingerprint density at radius 2 is 2.00 bits per heavy atom. The van der Waals surface area contributed by atoms with Crippen molar-refractivity contribution in [3.8, 4) is 11.3 Å². The maximum absolute atomic E-state index is 12.7. The predicted molar refractivity (Wildman–Crippen MR) is 87.6 cm³/mol. The zero-order chi connectivity index (χ0) is 19.3. The van der Waals surface area contributed by atoms with E-state index in [1.54, 1.807) is 0 Å². The largest absolute Gasteiger partial charge is 0.504 e. The third-order valence-corrected chi connectivity index (χ3v) is 3.65. The Morgan fingerprint density at radius 3 is 2.58 bits per heavy atom. The van der Waals surface area contributed by atoms with Gasteiger partial charge in [0.25, 0.3) is 5.56 Å². The number of aromatic nitrogens is 5. The van der Waals surface area contributed by atoms with Gasteiger partial charge in [-0.1, -0.05) is 11.6 Å². The molecule has 0 spiro atoms. The fourth-order valence-electron chi connectivity index (χ4n) is 2.45. The molecule has 1 N–H and O–H groups in total. The molecule has 0 aromatic carbocycles. The Kier molecular flexibility index (Phi) is 4.27. The number of fused-ring (bicyclic) bond motifs is 1. The molecule has 0 aliphatic rings. The van der Waals surface area contributed by atoms with E-state index in [2.05, 4.69) is 15.1 Å². The lowest BCUT2D eigenvalue weighted by Crippen LogP contribution is -2.32. The summed E-state index contributed by atoms with van der Waals surface area (Å²) in [5.74, 6) is 0. The van der Waals surface area contributed by atoms with Crippen molar-refractivity contribution in [2.75, 3.05) is 0 Å². The molecule has 0 bridgehead atoms. The van der Waals surface area contributed by atoms with Gasteiger partial charge in [-0.05, 0) is 19.9 Å². The zero-order valence-electron chi connectivity index (χ0n) is 13.6. The van der Waals surface area contributed by atoms with Gasteiger partial charge in [-0.15, -0.1) is 13.2 Å². The number of hydrogen-bond donors (Lipinski definition) is 1. The van der Waals surface area contributed by atoms with Crippen LogP contribution in [0.15, 0.2) is 29.6 Å². The van der Waals surface area contributed by atoms with Crippen LogP contribution < -0.4 is 5.56 Å². The minimum absolute atomic E-state index is 0.00973. The molecule has 0 saturated heterocycles.